The molecule has 0 aromatic heterocycles. The summed E-state index contributed by atoms with van der Waals surface area (Å²) in [6.07, 6.45) is 16.2. The van der Waals surface area contributed by atoms with Crippen molar-refractivity contribution in [1.82, 2.24) is 0 Å². The van der Waals surface area contributed by atoms with Gasteiger partial charge in [0.25, 0.3) is 0 Å². The van der Waals surface area contributed by atoms with Gasteiger partial charge in [0.05, 0.1) is 0 Å². The Morgan fingerprint density at radius 3 is 2.34 bits per heavy atom. The zero-order valence-electron chi connectivity index (χ0n) is 24.9. The van der Waals surface area contributed by atoms with Crippen molar-refractivity contribution >= 4 is 6.16 Å². The lowest BCUT2D eigenvalue weighted by Crippen LogP contribution is -2.67. The van der Waals surface area contributed by atoms with Crippen molar-refractivity contribution in [2.24, 2.45) is 56.7 Å². The molecule has 0 amide bonds. The smallest absolute Gasteiger partial charge is 0.430 e. The molecule has 5 aliphatic rings. The van der Waals surface area contributed by atoms with Crippen molar-refractivity contribution in [1.29, 1.82) is 0 Å². The molecule has 5 rings (SSSR count). The molecule has 0 radical (unpaired) electrons. The molecular formula is C34H52O4. The topological polar surface area (TPSA) is 55.8 Å². The molecule has 4 nitrogen and oxygen atoms in total. The van der Waals surface area contributed by atoms with Crippen LogP contribution in [0.1, 0.15) is 106 Å². The van der Waals surface area contributed by atoms with Gasteiger partial charge < -0.3 is 14.6 Å². The Kier molecular flexibility index (Phi) is 6.86. The van der Waals surface area contributed by atoms with Crippen molar-refractivity contribution in [3.63, 3.8) is 0 Å². The number of fused-ring (bicyclic) bond motifs is 7. The Balaban J connectivity index is 1.44. The third kappa shape index (κ3) is 3.69. The zero-order valence-corrected chi connectivity index (χ0v) is 24.9. The summed E-state index contributed by atoms with van der Waals surface area (Å²) in [4.78, 5) is 12.3. The summed E-state index contributed by atoms with van der Waals surface area (Å²) in [6, 6.07) is 0. The van der Waals surface area contributed by atoms with Gasteiger partial charge in [0.1, 0.15) is 6.10 Å². The standard InChI is InChI=1S/C34H52O4/c1-9-20-37-29(36)38-27-14-15-31(6)25(30(27,4)5)13-16-33(8)26(31)11-10-24-28-23(22(2)3)12-17-34(28,21-35)19-18-32(24,33)7/h1,23-28,35H,2,10-21H2,3-8H3/t23-,24+,25-,26+,27-,28+,31-,32+,33+,34+/m0/s1. The highest BCUT2D eigenvalue weighted by Gasteiger charge is 2.71. The van der Waals surface area contributed by atoms with Gasteiger partial charge in [-0.05, 0) is 122 Å². The Morgan fingerprint density at radius 2 is 1.68 bits per heavy atom. The van der Waals surface area contributed by atoms with E-state index in [-0.39, 0.29) is 39.8 Å². The predicted octanol–water partition coefficient (Wildman–Crippen LogP) is 7.79. The Hall–Kier alpha value is -1.47. The van der Waals surface area contributed by atoms with E-state index in [9.17, 15) is 9.90 Å². The molecule has 5 fully saturated rings. The predicted molar refractivity (Wildman–Crippen MR) is 151 cm³/mol. The fraction of sp³-hybridized carbons (Fsp3) is 0.853. The van der Waals surface area contributed by atoms with Gasteiger partial charge in [0, 0.05) is 12.0 Å². The summed E-state index contributed by atoms with van der Waals surface area (Å²) < 4.78 is 11.0. The second kappa shape index (κ2) is 9.29. The van der Waals surface area contributed by atoms with Crippen molar-refractivity contribution in [3.8, 4) is 12.3 Å². The minimum atomic E-state index is -0.628. The maximum Gasteiger partial charge on any atom is 0.509 e. The quantitative estimate of drug-likeness (QED) is 0.232. The van der Waals surface area contributed by atoms with Crippen LogP contribution >= 0.6 is 0 Å². The number of hydrogen-bond acceptors (Lipinski definition) is 4. The van der Waals surface area contributed by atoms with Crippen LogP contribution in [-0.2, 0) is 9.47 Å². The van der Waals surface area contributed by atoms with Crippen LogP contribution in [0.3, 0.4) is 0 Å². The lowest BCUT2D eigenvalue weighted by molar-refractivity contribution is -0.250. The molecule has 0 heterocycles. The second-order valence-electron chi connectivity index (χ2n) is 15.4. The summed E-state index contributed by atoms with van der Waals surface area (Å²) in [5.74, 6) is 5.31. The molecule has 0 spiro atoms. The number of carbonyl (C=O) groups excluding carboxylic acids is 1. The molecule has 1 N–H and O–H groups in total. The average molecular weight is 525 g/mol. The highest BCUT2D eigenvalue weighted by molar-refractivity contribution is 5.60. The number of aliphatic hydroxyl groups excluding tert-OH is 1. The SMILES string of the molecule is C#CCOC(=O)O[C@H]1CC[C@]2(C)[C@H]3CC[C@@H]4[C@H]5[C@H](C(=C)C)CC[C@]5(CO)CC[C@@]4(C)[C@]3(C)CC[C@H]2C1(C)C. The highest BCUT2D eigenvalue weighted by atomic mass is 16.7. The molecule has 0 aromatic rings. The molecule has 4 heteroatoms. The molecule has 38 heavy (non-hydrogen) atoms. The average Bonchev–Trinajstić information content (AvgIpc) is 3.25. The zero-order chi connectivity index (χ0) is 27.7. The number of allylic oxidation sites excluding steroid dienone is 1. The first-order valence-corrected chi connectivity index (χ1v) is 15.3. The highest BCUT2D eigenvalue weighted by Crippen LogP contribution is 2.77. The van der Waals surface area contributed by atoms with Crippen molar-refractivity contribution in [2.75, 3.05) is 13.2 Å². The van der Waals surface area contributed by atoms with Gasteiger partial charge >= 0.3 is 6.16 Å². The van der Waals surface area contributed by atoms with Crippen molar-refractivity contribution in [2.45, 2.75) is 112 Å². The maximum atomic E-state index is 12.3. The van der Waals surface area contributed by atoms with E-state index in [1.807, 2.05) is 0 Å². The van der Waals surface area contributed by atoms with Gasteiger partial charge in [0.2, 0.25) is 0 Å². The van der Waals surface area contributed by atoms with Crippen LogP contribution in [0.4, 0.5) is 4.79 Å². The molecule has 212 valence electrons. The van der Waals surface area contributed by atoms with E-state index in [2.05, 4.69) is 54.0 Å². The largest absolute Gasteiger partial charge is 0.509 e. The van der Waals surface area contributed by atoms with Crippen molar-refractivity contribution < 1.29 is 19.4 Å². The number of carbonyl (C=O) groups is 1. The third-order valence-corrected chi connectivity index (χ3v) is 14.0. The van der Waals surface area contributed by atoms with E-state index >= 15 is 0 Å². The summed E-state index contributed by atoms with van der Waals surface area (Å²) in [5.41, 5.74) is 2.10. The molecule has 0 aromatic carbocycles. The van der Waals surface area contributed by atoms with Crippen LogP contribution in [0.25, 0.3) is 0 Å². The number of aliphatic hydroxyl groups is 1. The van der Waals surface area contributed by atoms with Crippen LogP contribution in [0.15, 0.2) is 12.2 Å². The Bertz CT molecular complexity index is 1010. The number of rotatable bonds is 4. The third-order valence-electron chi connectivity index (χ3n) is 14.0. The van der Waals surface area contributed by atoms with E-state index in [1.54, 1.807) is 0 Å². The summed E-state index contributed by atoms with van der Waals surface area (Å²) >= 11 is 0. The van der Waals surface area contributed by atoms with Crippen LogP contribution in [-0.4, -0.2) is 30.6 Å². The van der Waals surface area contributed by atoms with E-state index < -0.39 is 6.16 Å². The molecule has 5 aliphatic carbocycles. The van der Waals surface area contributed by atoms with E-state index in [0.717, 1.165) is 25.7 Å². The van der Waals surface area contributed by atoms with E-state index in [4.69, 9.17) is 15.9 Å². The first-order chi connectivity index (χ1) is 17.8. The summed E-state index contributed by atoms with van der Waals surface area (Å²) in [7, 11) is 0. The van der Waals surface area contributed by atoms with Gasteiger partial charge in [-0.15, -0.1) is 6.42 Å². The van der Waals surface area contributed by atoms with Crippen molar-refractivity contribution in [3.05, 3.63) is 12.2 Å². The molecule has 0 bridgehead atoms. The number of terminal acetylenes is 1. The molecular weight excluding hydrogens is 472 g/mol. The van der Waals surface area contributed by atoms with Crippen LogP contribution < -0.4 is 0 Å². The summed E-state index contributed by atoms with van der Waals surface area (Å²) in [6.45, 7) is 19.5. The van der Waals surface area contributed by atoms with Gasteiger partial charge in [-0.1, -0.05) is 52.7 Å². The Labute approximate surface area is 231 Å². The molecule has 0 saturated heterocycles. The van der Waals surface area contributed by atoms with Gasteiger partial charge in [-0.25, -0.2) is 4.79 Å². The lowest BCUT2D eigenvalue weighted by Gasteiger charge is -2.73. The van der Waals surface area contributed by atoms with Gasteiger partial charge in [0.15, 0.2) is 6.61 Å². The maximum absolute atomic E-state index is 12.3. The van der Waals surface area contributed by atoms with Gasteiger partial charge in [-0.3, -0.25) is 0 Å². The molecule has 10 atom stereocenters. The monoisotopic (exact) mass is 524 g/mol. The minimum Gasteiger partial charge on any atom is -0.430 e. The number of hydrogen-bond donors (Lipinski definition) is 1. The first kappa shape index (κ1) is 28.1. The van der Waals surface area contributed by atoms with E-state index in [1.165, 1.54) is 44.1 Å². The van der Waals surface area contributed by atoms with Gasteiger partial charge in [-0.2, -0.15) is 0 Å². The van der Waals surface area contributed by atoms with Crippen LogP contribution in [0.5, 0.6) is 0 Å². The van der Waals surface area contributed by atoms with E-state index in [0.29, 0.717) is 36.2 Å². The molecule has 0 aliphatic heterocycles. The fourth-order valence-corrected chi connectivity index (χ4v) is 12.0. The molecule has 0 unspecified atom stereocenters. The first-order valence-electron chi connectivity index (χ1n) is 15.3. The fourth-order valence-electron chi connectivity index (χ4n) is 12.0. The Morgan fingerprint density at radius 1 is 0.947 bits per heavy atom. The lowest BCUT2D eigenvalue weighted by atomic mass is 9.32. The van der Waals surface area contributed by atoms with Crippen LogP contribution in [0, 0.1) is 69.0 Å². The minimum absolute atomic E-state index is 0.0436. The summed E-state index contributed by atoms with van der Waals surface area (Å²) in [5, 5.41) is 10.7. The second-order valence-corrected chi connectivity index (χ2v) is 15.4. The normalized spacial score (nSPS) is 48.9. The molecule has 5 saturated carbocycles. The number of ether oxygens (including phenoxy) is 2. The van der Waals surface area contributed by atoms with Crippen LogP contribution in [0.2, 0.25) is 0 Å².